The fourth-order valence-electron chi connectivity index (χ4n) is 2.64. The highest BCUT2D eigenvalue weighted by Crippen LogP contribution is 2.28. The Bertz CT molecular complexity index is 1080. The predicted molar refractivity (Wildman–Crippen MR) is 117 cm³/mol. The number of carbonyl (C=O) groups excluding carboxylic acids is 2. The van der Waals surface area contributed by atoms with Crippen molar-refractivity contribution >= 4 is 40.0 Å². The maximum absolute atomic E-state index is 12.4. The minimum absolute atomic E-state index is 0.120. The number of thiazole rings is 1. The Hall–Kier alpha value is -2.92. The van der Waals surface area contributed by atoms with Crippen molar-refractivity contribution in [3.63, 3.8) is 0 Å². The van der Waals surface area contributed by atoms with Gasteiger partial charge < -0.3 is 14.6 Å². The van der Waals surface area contributed by atoms with Gasteiger partial charge >= 0.3 is 0 Å². The molecule has 0 unspecified atom stereocenters. The van der Waals surface area contributed by atoms with Crippen molar-refractivity contribution < 1.29 is 14.0 Å². The van der Waals surface area contributed by atoms with Gasteiger partial charge in [-0.15, -0.1) is 16.8 Å². The lowest BCUT2D eigenvalue weighted by Gasteiger charge is -2.07. The van der Waals surface area contributed by atoms with Gasteiger partial charge in [-0.25, -0.2) is 4.98 Å². The number of anilines is 1. The number of hydrogen-bond donors (Lipinski definition) is 1. The van der Waals surface area contributed by atoms with Crippen molar-refractivity contribution in [2.24, 2.45) is 0 Å². The molecule has 11 heteroatoms. The highest BCUT2D eigenvalue weighted by atomic mass is 32.2. The third-order valence-electron chi connectivity index (χ3n) is 4.10. The first-order chi connectivity index (χ1) is 14.3. The van der Waals surface area contributed by atoms with Gasteiger partial charge in [0.15, 0.2) is 16.1 Å². The molecule has 0 saturated heterocycles. The topological polar surface area (TPSA) is 106 Å². The Labute approximate surface area is 182 Å². The number of amides is 2. The summed E-state index contributed by atoms with van der Waals surface area (Å²) in [5.41, 5.74) is 1.43. The van der Waals surface area contributed by atoms with Crippen molar-refractivity contribution in [1.29, 1.82) is 0 Å². The van der Waals surface area contributed by atoms with E-state index in [-0.39, 0.29) is 17.6 Å². The van der Waals surface area contributed by atoms with Gasteiger partial charge in [-0.2, -0.15) is 0 Å². The lowest BCUT2D eigenvalue weighted by molar-refractivity contribution is -0.113. The number of aryl methyl sites for hydroxylation is 2. The van der Waals surface area contributed by atoms with Crippen molar-refractivity contribution in [2.75, 3.05) is 25.2 Å². The molecule has 3 aromatic heterocycles. The summed E-state index contributed by atoms with van der Waals surface area (Å²) >= 11 is 2.42. The number of allylic oxidation sites excluding steroid dienone is 1. The second-order valence-electron chi connectivity index (χ2n) is 6.57. The molecule has 0 aliphatic rings. The van der Waals surface area contributed by atoms with Crippen molar-refractivity contribution in [3.8, 4) is 11.4 Å². The van der Waals surface area contributed by atoms with Crippen LogP contribution in [-0.4, -0.2) is 56.3 Å². The van der Waals surface area contributed by atoms with Gasteiger partial charge in [0.1, 0.15) is 10.6 Å². The van der Waals surface area contributed by atoms with Gasteiger partial charge in [0, 0.05) is 20.6 Å². The molecule has 3 heterocycles. The first-order valence-electron chi connectivity index (χ1n) is 9.02. The maximum atomic E-state index is 12.4. The van der Waals surface area contributed by atoms with E-state index in [2.05, 4.69) is 27.1 Å². The first kappa shape index (κ1) is 21.8. The number of carbonyl (C=O) groups is 2. The summed E-state index contributed by atoms with van der Waals surface area (Å²) in [6.45, 7) is 7.88. The van der Waals surface area contributed by atoms with Gasteiger partial charge in [0.25, 0.3) is 5.91 Å². The molecular weight excluding hydrogens is 424 g/mol. The second kappa shape index (κ2) is 9.26. The van der Waals surface area contributed by atoms with E-state index in [9.17, 15) is 9.59 Å². The van der Waals surface area contributed by atoms with Gasteiger partial charge in [0.05, 0.1) is 23.3 Å². The van der Waals surface area contributed by atoms with E-state index < -0.39 is 0 Å². The van der Waals surface area contributed by atoms with Crippen LogP contribution in [0.25, 0.3) is 11.4 Å². The molecular formula is C19H22N6O3S2. The summed E-state index contributed by atoms with van der Waals surface area (Å²) in [4.78, 5) is 30.8. The molecule has 3 rings (SSSR count). The molecule has 2 amide bonds. The highest BCUT2D eigenvalue weighted by molar-refractivity contribution is 7.99. The molecule has 0 aliphatic carbocycles. The van der Waals surface area contributed by atoms with Gasteiger partial charge in [-0.3, -0.25) is 14.2 Å². The van der Waals surface area contributed by atoms with E-state index in [1.165, 1.54) is 16.7 Å². The summed E-state index contributed by atoms with van der Waals surface area (Å²) in [6.07, 6.45) is 3.34. The van der Waals surface area contributed by atoms with Crippen LogP contribution in [0.1, 0.15) is 21.1 Å². The zero-order valence-corrected chi connectivity index (χ0v) is 18.8. The molecule has 30 heavy (non-hydrogen) atoms. The molecule has 1 N–H and O–H groups in total. The van der Waals surface area contributed by atoms with Crippen LogP contribution < -0.4 is 5.32 Å². The number of aromatic nitrogens is 4. The van der Waals surface area contributed by atoms with Crippen LogP contribution in [0.3, 0.4) is 0 Å². The summed E-state index contributed by atoms with van der Waals surface area (Å²) < 4.78 is 7.24. The Morgan fingerprint density at radius 3 is 2.77 bits per heavy atom. The van der Waals surface area contributed by atoms with E-state index in [0.717, 1.165) is 22.7 Å². The summed E-state index contributed by atoms with van der Waals surface area (Å²) in [5.74, 6) is 1.14. The number of hydrogen-bond acceptors (Lipinski definition) is 8. The molecule has 158 valence electrons. The molecule has 0 aromatic carbocycles. The molecule has 0 spiro atoms. The number of thioether (sulfide) groups is 1. The van der Waals surface area contributed by atoms with Crippen molar-refractivity contribution in [1.82, 2.24) is 24.6 Å². The van der Waals surface area contributed by atoms with Crippen LogP contribution in [0.5, 0.6) is 0 Å². The van der Waals surface area contributed by atoms with Gasteiger partial charge in [-0.1, -0.05) is 29.2 Å². The molecule has 9 nitrogen and oxygen atoms in total. The van der Waals surface area contributed by atoms with E-state index >= 15 is 0 Å². The largest absolute Gasteiger partial charge is 0.469 e. The van der Waals surface area contributed by atoms with E-state index in [1.54, 1.807) is 33.4 Å². The molecule has 0 fully saturated rings. The average molecular weight is 447 g/mol. The SMILES string of the molecule is C=CCn1c(SCC(=O)Nc2nc(C)c(C(=O)N(C)C)s2)nnc1-c1ccoc1C. The van der Waals surface area contributed by atoms with E-state index in [0.29, 0.717) is 33.2 Å². The number of rotatable bonds is 8. The van der Waals surface area contributed by atoms with Gasteiger partial charge in [0.2, 0.25) is 5.91 Å². The van der Waals surface area contributed by atoms with Crippen LogP contribution in [0.4, 0.5) is 5.13 Å². The van der Waals surface area contributed by atoms with Crippen LogP contribution in [0.15, 0.2) is 34.6 Å². The smallest absolute Gasteiger partial charge is 0.265 e. The van der Waals surface area contributed by atoms with Crippen LogP contribution in [0, 0.1) is 13.8 Å². The van der Waals surface area contributed by atoms with Gasteiger partial charge in [-0.05, 0) is 19.9 Å². The molecule has 0 atom stereocenters. The minimum Gasteiger partial charge on any atom is -0.469 e. The number of nitrogens with zero attached hydrogens (tertiary/aromatic N) is 5. The molecule has 0 bridgehead atoms. The Morgan fingerprint density at radius 1 is 1.37 bits per heavy atom. The Morgan fingerprint density at radius 2 is 2.13 bits per heavy atom. The van der Waals surface area contributed by atoms with Crippen molar-refractivity contribution in [2.45, 2.75) is 25.5 Å². The zero-order valence-electron chi connectivity index (χ0n) is 17.1. The summed E-state index contributed by atoms with van der Waals surface area (Å²) in [6, 6.07) is 1.83. The average Bonchev–Trinajstić information content (AvgIpc) is 3.38. The maximum Gasteiger partial charge on any atom is 0.265 e. The monoisotopic (exact) mass is 446 g/mol. The number of furan rings is 1. The Kier molecular flexibility index (Phi) is 6.73. The summed E-state index contributed by atoms with van der Waals surface area (Å²) in [5, 5.41) is 12.2. The lowest BCUT2D eigenvalue weighted by atomic mass is 10.2. The second-order valence-corrected chi connectivity index (χ2v) is 8.51. The zero-order chi connectivity index (χ0) is 21.8. The normalized spacial score (nSPS) is 10.8. The molecule has 0 aliphatic heterocycles. The fourth-order valence-corrected chi connectivity index (χ4v) is 4.39. The van der Waals surface area contributed by atoms with Crippen LogP contribution in [0.2, 0.25) is 0 Å². The van der Waals surface area contributed by atoms with Crippen molar-refractivity contribution in [3.05, 3.63) is 41.3 Å². The van der Waals surface area contributed by atoms with E-state index in [4.69, 9.17) is 4.42 Å². The molecule has 0 saturated carbocycles. The minimum atomic E-state index is -0.244. The lowest BCUT2D eigenvalue weighted by Crippen LogP contribution is -2.21. The third kappa shape index (κ3) is 4.62. The van der Waals surface area contributed by atoms with Crippen LogP contribution in [-0.2, 0) is 11.3 Å². The fraction of sp³-hybridized carbons (Fsp3) is 0.316. The van der Waals surface area contributed by atoms with E-state index in [1.807, 2.05) is 17.6 Å². The highest BCUT2D eigenvalue weighted by Gasteiger charge is 2.20. The van der Waals surface area contributed by atoms with Crippen LogP contribution >= 0.6 is 23.1 Å². The Balaban J connectivity index is 1.69. The first-order valence-corrected chi connectivity index (χ1v) is 10.8. The standard InChI is InChI=1S/C19H22N6O3S2/c1-6-8-25-16(13-7-9-28-12(13)3)22-23-19(25)29-10-14(26)21-18-20-11(2)15(30-18)17(27)24(4)5/h6-7,9H,1,8,10H2,2-5H3,(H,20,21,26). The quantitative estimate of drug-likeness (QED) is 0.418. The number of nitrogens with one attached hydrogen (secondary N) is 1. The predicted octanol–water partition coefficient (Wildman–Crippen LogP) is 3.23. The summed E-state index contributed by atoms with van der Waals surface area (Å²) in [7, 11) is 3.35. The molecule has 0 radical (unpaired) electrons. The molecule has 3 aromatic rings. The third-order valence-corrected chi connectivity index (χ3v) is 6.13.